The Kier molecular flexibility index (Phi) is 8.13. The van der Waals surface area contributed by atoms with Crippen molar-refractivity contribution >= 4 is 57.4 Å². The van der Waals surface area contributed by atoms with Crippen molar-refractivity contribution in [2.75, 3.05) is 25.3 Å². The van der Waals surface area contributed by atoms with Crippen LogP contribution in [0.3, 0.4) is 0 Å². The van der Waals surface area contributed by atoms with Crippen LogP contribution in [0.15, 0.2) is 34.0 Å². The largest absolute Gasteiger partial charge is 1.00 e. The average molecular weight is 401 g/mol. The molecule has 26 heavy (non-hydrogen) atoms. The summed E-state index contributed by atoms with van der Waals surface area (Å²) in [6.45, 7) is -0.0228. The zero-order chi connectivity index (χ0) is 17.4. The second-order valence-electron chi connectivity index (χ2n) is 5.47. The first-order valence-electron chi connectivity index (χ1n) is 7.21. The summed E-state index contributed by atoms with van der Waals surface area (Å²) in [5.74, 6) is 0.702. The van der Waals surface area contributed by atoms with Crippen molar-refractivity contribution in [2.45, 2.75) is 11.4 Å². The van der Waals surface area contributed by atoms with Gasteiger partial charge in [0.15, 0.2) is 5.43 Å². The van der Waals surface area contributed by atoms with Crippen molar-refractivity contribution in [3.05, 3.63) is 39.5 Å². The van der Waals surface area contributed by atoms with E-state index in [1.165, 1.54) is 11.8 Å². The third-order valence-electron chi connectivity index (χ3n) is 3.84. The monoisotopic (exact) mass is 400 g/mol. The first kappa shape index (κ1) is 23.0. The van der Waals surface area contributed by atoms with Gasteiger partial charge in [-0.25, -0.2) is 11.3 Å². The van der Waals surface area contributed by atoms with Crippen molar-refractivity contribution < 1.29 is 39.8 Å². The van der Waals surface area contributed by atoms with Crippen LogP contribution in [-0.4, -0.2) is 41.7 Å². The Labute approximate surface area is 182 Å². The van der Waals surface area contributed by atoms with Gasteiger partial charge in [-0.2, -0.15) is 0 Å². The van der Waals surface area contributed by atoms with Gasteiger partial charge in [0.1, 0.15) is 11.5 Å². The number of rotatable bonds is 4. The van der Waals surface area contributed by atoms with Crippen LogP contribution in [-0.2, 0) is 11.3 Å². The number of nitrogens with zero attached hydrogens (tertiary/aromatic N) is 3. The van der Waals surface area contributed by atoms with Gasteiger partial charge in [-0.3, -0.25) is 4.79 Å². The number of halogens is 1. The molecule has 0 aliphatic rings. The molecule has 6 nitrogen and oxygen atoms in total. The molecule has 0 bridgehead atoms. The Balaban J connectivity index is 0.00000169. The van der Waals surface area contributed by atoms with Gasteiger partial charge in [0.2, 0.25) is 0 Å². The van der Waals surface area contributed by atoms with Gasteiger partial charge >= 0.3 is 29.6 Å². The summed E-state index contributed by atoms with van der Waals surface area (Å²) < 4.78 is 1.71. The van der Waals surface area contributed by atoms with Gasteiger partial charge in [-0.1, -0.05) is 18.1 Å². The van der Waals surface area contributed by atoms with E-state index in [1.54, 1.807) is 28.8 Å². The van der Waals surface area contributed by atoms with Gasteiger partial charge in [-0.15, -0.1) is 11.8 Å². The molecule has 0 radical (unpaired) electrons. The number of hydrogen-bond donors (Lipinski definition) is 0. The molecule has 0 aliphatic carbocycles. The van der Waals surface area contributed by atoms with E-state index in [-0.39, 0.29) is 47.0 Å². The maximum atomic E-state index is 12.9. The molecule has 1 N–H and O–H groups in total. The quantitative estimate of drug-likeness (QED) is 0.264. The molecule has 2 aromatic heterocycles. The Hall–Kier alpha value is -1.09. The van der Waals surface area contributed by atoms with Crippen LogP contribution in [0.1, 0.15) is 0 Å². The minimum absolute atomic E-state index is 0. The molecule has 0 amide bonds. The molecule has 0 spiro atoms. The van der Waals surface area contributed by atoms with Crippen LogP contribution < -0.4 is 39.9 Å². The number of anilines is 1. The molecule has 0 unspecified atom stereocenters. The van der Waals surface area contributed by atoms with Crippen LogP contribution in [0.25, 0.3) is 21.9 Å². The van der Waals surface area contributed by atoms with E-state index in [1.807, 2.05) is 31.5 Å². The van der Waals surface area contributed by atoms with Gasteiger partial charge in [0.05, 0.1) is 20.8 Å². The number of aromatic nitrogens is 2. The molecule has 2 heterocycles. The van der Waals surface area contributed by atoms with Crippen LogP contribution in [0.5, 0.6) is 0 Å². The van der Waals surface area contributed by atoms with Gasteiger partial charge in [0.25, 0.3) is 0 Å². The Bertz CT molecular complexity index is 1020. The Morgan fingerprint density at radius 2 is 1.88 bits per heavy atom. The number of pyridine rings is 2. The molecule has 3 rings (SSSR count). The average Bonchev–Trinajstić information content (AvgIpc) is 2.57. The molecule has 132 valence electrons. The van der Waals surface area contributed by atoms with Crippen LogP contribution in [0, 0.1) is 0 Å². The van der Waals surface area contributed by atoms with Crippen molar-refractivity contribution in [3.63, 3.8) is 0 Å². The van der Waals surface area contributed by atoms with Crippen LogP contribution >= 0.6 is 23.4 Å². The van der Waals surface area contributed by atoms with E-state index >= 15 is 0 Å². The van der Waals surface area contributed by atoms with E-state index < -0.39 is 0 Å². The number of benzene rings is 1. The van der Waals surface area contributed by atoms with Gasteiger partial charge in [0, 0.05) is 19.5 Å². The summed E-state index contributed by atoms with van der Waals surface area (Å²) in [6, 6.07) is 6.93. The second kappa shape index (κ2) is 9.21. The number of carbonyl (C=O) groups excluding carboxylic acids is 1. The summed E-state index contributed by atoms with van der Waals surface area (Å²) in [6.07, 6.45) is 3.80. The molecule has 0 fully saturated rings. The molecule has 3 aromatic rings. The predicted molar refractivity (Wildman–Crippen MR) is 102 cm³/mol. The van der Waals surface area contributed by atoms with Gasteiger partial charge in [-0.05, 0) is 30.5 Å². The molecule has 1 aromatic carbocycles. The van der Waals surface area contributed by atoms with Crippen molar-refractivity contribution in [2.24, 2.45) is 0 Å². The van der Waals surface area contributed by atoms with Gasteiger partial charge < -0.3 is 19.7 Å². The first-order valence-corrected chi connectivity index (χ1v) is 8.82. The minimum Gasteiger partial charge on any atom is -0.870 e. The van der Waals surface area contributed by atoms with E-state index in [4.69, 9.17) is 11.6 Å². The molecule has 9 heteroatoms. The summed E-state index contributed by atoms with van der Waals surface area (Å²) in [7, 11) is 3.74. The standard InChI is InChI=1S/C17H15ClN3O2S.Na.H2O/c1-20(2)13-7-5-11-15(23)10-4-6-12(18)16(24-3)14(10)21(8-9-22)17(11)19-13;;/h4-7H,8H2,1-3H3;;1H2/q-1;+1;/p-1. The normalized spacial score (nSPS) is 10.3. The van der Waals surface area contributed by atoms with E-state index in [2.05, 4.69) is 4.98 Å². The zero-order valence-electron chi connectivity index (χ0n) is 14.9. The summed E-state index contributed by atoms with van der Waals surface area (Å²) in [4.78, 5) is 31.2. The van der Waals surface area contributed by atoms with Crippen LogP contribution in [0.4, 0.5) is 5.82 Å². The van der Waals surface area contributed by atoms with Crippen molar-refractivity contribution in [1.82, 2.24) is 9.55 Å². The van der Waals surface area contributed by atoms with Crippen molar-refractivity contribution in [1.29, 1.82) is 0 Å². The van der Waals surface area contributed by atoms with Crippen molar-refractivity contribution in [3.8, 4) is 0 Å². The topological polar surface area (TPSA) is 85.2 Å². The maximum absolute atomic E-state index is 12.9. The SMILES string of the molecule is CSc1c(Cl)ccc2c(=O)c3ccc(N(C)C)nc3n(C[C-]=O)c12.[Na+].[OH-]. The first-order chi connectivity index (χ1) is 11.5. The second-order valence-corrected chi connectivity index (χ2v) is 6.70. The smallest absolute Gasteiger partial charge is 0.870 e. The molecule has 0 saturated carbocycles. The fourth-order valence-electron chi connectivity index (χ4n) is 2.73. The van der Waals surface area contributed by atoms with Crippen LogP contribution in [0.2, 0.25) is 5.02 Å². The minimum atomic E-state index is -0.119. The maximum Gasteiger partial charge on any atom is 1.00 e. The fourth-order valence-corrected chi connectivity index (χ4v) is 3.79. The molecule has 0 saturated heterocycles. The molecular formula is C17H16ClN3NaO3S-. The fraction of sp³-hybridized carbons (Fsp3) is 0.235. The zero-order valence-corrected chi connectivity index (χ0v) is 18.5. The van der Waals surface area contributed by atoms with E-state index in [0.29, 0.717) is 32.8 Å². The Morgan fingerprint density at radius 3 is 2.46 bits per heavy atom. The third kappa shape index (κ3) is 3.78. The predicted octanol–water partition coefficient (Wildman–Crippen LogP) is -0.0721. The number of thioether (sulfide) groups is 1. The summed E-state index contributed by atoms with van der Waals surface area (Å²) in [5.41, 5.74) is 0.964. The summed E-state index contributed by atoms with van der Waals surface area (Å²) >= 11 is 7.73. The number of fused-ring (bicyclic) bond motifs is 2. The molecular weight excluding hydrogens is 385 g/mol. The summed E-state index contributed by atoms with van der Waals surface area (Å²) in [5, 5.41) is 1.53. The van der Waals surface area contributed by atoms with E-state index in [9.17, 15) is 9.59 Å². The third-order valence-corrected chi connectivity index (χ3v) is 5.09. The Morgan fingerprint density at radius 1 is 1.23 bits per heavy atom. The molecule has 0 atom stereocenters. The number of hydrogen-bond acceptors (Lipinski definition) is 6. The molecule has 0 aliphatic heterocycles. The van der Waals surface area contributed by atoms with E-state index in [0.717, 1.165) is 4.90 Å².